The smallest absolute Gasteiger partial charge is 0.273 e. The van der Waals surface area contributed by atoms with Gasteiger partial charge in [-0.05, 0) is 47.7 Å². The average molecular weight is 311 g/mol. The number of hydrogen-bond acceptors (Lipinski definition) is 5. The SMILES string of the molecule is CCCCN(C)C(C)(C)C(C)(C)NC(=O)c1cc(CO)on1. The highest BCUT2D eigenvalue weighted by Gasteiger charge is 2.41. The molecule has 1 aromatic rings. The maximum Gasteiger partial charge on any atom is 0.273 e. The quantitative estimate of drug-likeness (QED) is 0.769. The third-order valence-electron chi connectivity index (χ3n) is 4.70. The molecule has 0 fully saturated rings. The van der Waals surface area contributed by atoms with Gasteiger partial charge in [-0.15, -0.1) is 0 Å². The number of nitrogens with zero attached hydrogens (tertiary/aromatic N) is 2. The minimum Gasteiger partial charge on any atom is -0.388 e. The Bertz CT molecular complexity index is 495. The molecule has 6 heteroatoms. The number of unbranched alkanes of at least 4 members (excludes halogenated alkanes) is 1. The third-order valence-corrected chi connectivity index (χ3v) is 4.70. The van der Waals surface area contributed by atoms with Crippen LogP contribution in [0.1, 0.15) is 63.7 Å². The monoisotopic (exact) mass is 311 g/mol. The summed E-state index contributed by atoms with van der Waals surface area (Å²) in [4.78, 5) is 14.6. The van der Waals surface area contributed by atoms with Crippen molar-refractivity contribution in [2.45, 2.75) is 65.1 Å². The molecule has 0 unspecified atom stereocenters. The molecule has 22 heavy (non-hydrogen) atoms. The van der Waals surface area contributed by atoms with Gasteiger partial charge >= 0.3 is 0 Å². The summed E-state index contributed by atoms with van der Waals surface area (Å²) in [7, 11) is 2.07. The van der Waals surface area contributed by atoms with Crippen LogP contribution in [0.3, 0.4) is 0 Å². The Morgan fingerprint density at radius 3 is 2.55 bits per heavy atom. The van der Waals surface area contributed by atoms with Crippen LogP contribution in [0.25, 0.3) is 0 Å². The Kier molecular flexibility index (Phi) is 6.14. The zero-order valence-corrected chi connectivity index (χ0v) is 14.6. The van der Waals surface area contributed by atoms with Crippen molar-refractivity contribution in [3.8, 4) is 0 Å². The summed E-state index contributed by atoms with van der Waals surface area (Å²) in [6, 6.07) is 1.46. The van der Waals surface area contributed by atoms with Crippen molar-refractivity contribution in [2.24, 2.45) is 0 Å². The lowest BCUT2D eigenvalue weighted by Crippen LogP contribution is -2.64. The van der Waals surface area contributed by atoms with Crippen LogP contribution in [0.5, 0.6) is 0 Å². The number of hydrogen-bond donors (Lipinski definition) is 2. The zero-order chi connectivity index (χ0) is 17.0. The van der Waals surface area contributed by atoms with Gasteiger partial charge in [0.25, 0.3) is 5.91 Å². The molecule has 6 nitrogen and oxygen atoms in total. The van der Waals surface area contributed by atoms with Crippen molar-refractivity contribution in [3.05, 3.63) is 17.5 Å². The molecule has 0 aliphatic carbocycles. The first-order valence-electron chi connectivity index (χ1n) is 7.76. The van der Waals surface area contributed by atoms with Crippen molar-refractivity contribution in [1.29, 1.82) is 0 Å². The lowest BCUT2D eigenvalue weighted by molar-refractivity contribution is 0.0515. The van der Waals surface area contributed by atoms with Crippen LogP contribution in [0.15, 0.2) is 10.6 Å². The van der Waals surface area contributed by atoms with Crippen LogP contribution in [-0.2, 0) is 6.61 Å². The molecule has 0 bridgehead atoms. The fourth-order valence-corrected chi connectivity index (χ4v) is 2.15. The molecule has 126 valence electrons. The van der Waals surface area contributed by atoms with E-state index in [4.69, 9.17) is 9.63 Å². The first kappa shape index (κ1) is 18.6. The Hall–Kier alpha value is -1.40. The molecular weight excluding hydrogens is 282 g/mol. The molecule has 0 aliphatic heterocycles. The molecule has 0 aromatic carbocycles. The molecule has 0 atom stereocenters. The van der Waals surface area contributed by atoms with E-state index >= 15 is 0 Å². The van der Waals surface area contributed by atoms with Crippen LogP contribution in [0.4, 0.5) is 0 Å². The Labute approximate surface area is 132 Å². The van der Waals surface area contributed by atoms with Crippen LogP contribution in [0, 0.1) is 0 Å². The van der Waals surface area contributed by atoms with Gasteiger partial charge in [0, 0.05) is 11.6 Å². The highest BCUT2D eigenvalue weighted by atomic mass is 16.5. The lowest BCUT2D eigenvalue weighted by Gasteiger charge is -2.48. The van der Waals surface area contributed by atoms with E-state index < -0.39 is 5.54 Å². The van der Waals surface area contributed by atoms with E-state index in [1.165, 1.54) is 6.07 Å². The van der Waals surface area contributed by atoms with Crippen LogP contribution < -0.4 is 5.32 Å². The van der Waals surface area contributed by atoms with Crippen molar-refractivity contribution < 1.29 is 14.4 Å². The average Bonchev–Trinajstić information content (AvgIpc) is 2.92. The summed E-state index contributed by atoms with van der Waals surface area (Å²) in [6.45, 7) is 11.1. The lowest BCUT2D eigenvalue weighted by atomic mass is 9.81. The normalized spacial score (nSPS) is 12.7. The fraction of sp³-hybridized carbons (Fsp3) is 0.750. The minimum atomic E-state index is -0.467. The van der Waals surface area contributed by atoms with Gasteiger partial charge in [-0.3, -0.25) is 9.69 Å². The fourth-order valence-electron chi connectivity index (χ4n) is 2.15. The summed E-state index contributed by atoms with van der Waals surface area (Å²) in [6.07, 6.45) is 2.25. The van der Waals surface area contributed by atoms with Gasteiger partial charge in [0.15, 0.2) is 11.5 Å². The second kappa shape index (κ2) is 7.24. The maximum absolute atomic E-state index is 12.3. The number of amides is 1. The number of aliphatic hydroxyl groups excluding tert-OH is 1. The van der Waals surface area contributed by atoms with Gasteiger partial charge in [-0.1, -0.05) is 18.5 Å². The number of likely N-dealkylation sites (N-methyl/N-ethyl adjacent to an activating group) is 1. The Morgan fingerprint density at radius 2 is 2.05 bits per heavy atom. The summed E-state index contributed by atoms with van der Waals surface area (Å²) >= 11 is 0. The highest BCUT2D eigenvalue weighted by molar-refractivity contribution is 5.92. The van der Waals surface area contributed by atoms with E-state index in [1.54, 1.807) is 0 Å². The van der Waals surface area contributed by atoms with E-state index in [0.717, 1.165) is 19.4 Å². The minimum absolute atomic E-state index is 0.184. The third kappa shape index (κ3) is 4.08. The van der Waals surface area contributed by atoms with Crippen molar-refractivity contribution >= 4 is 5.91 Å². The summed E-state index contributed by atoms with van der Waals surface area (Å²) < 4.78 is 4.86. The first-order valence-corrected chi connectivity index (χ1v) is 7.76. The number of carbonyl (C=O) groups is 1. The number of aromatic nitrogens is 1. The van der Waals surface area contributed by atoms with Crippen LogP contribution in [0.2, 0.25) is 0 Å². The van der Waals surface area contributed by atoms with E-state index in [2.05, 4.69) is 43.2 Å². The Morgan fingerprint density at radius 1 is 1.41 bits per heavy atom. The number of rotatable bonds is 8. The first-order chi connectivity index (χ1) is 10.2. The summed E-state index contributed by atoms with van der Waals surface area (Å²) in [5.41, 5.74) is -0.518. The van der Waals surface area contributed by atoms with Gasteiger partial charge in [-0.2, -0.15) is 0 Å². The largest absolute Gasteiger partial charge is 0.388 e. The van der Waals surface area contributed by atoms with Crippen LogP contribution in [-0.4, -0.2) is 45.7 Å². The second-order valence-electron chi connectivity index (χ2n) is 6.75. The molecule has 2 N–H and O–H groups in total. The number of nitrogens with one attached hydrogen (secondary N) is 1. The predicted molar refractivity (Wildman–Crippen MR) is 85.6 cm³/mol. The van der Waals surface area contributed by atoms with Gasteiger partial charge in [0.05, 0.1) is 5.54 Å². The van der Waals surface area contributed by atoms with Crippen molar-refractivity contribution in [2.75, 3.05) is 13.6 Å². The van der Waals surface area contributed by atoms with Crippen LogP contribution >= 0.6 is 0 Å². The standard InChI is InChI=1S/C16H29N3O3/c1-7-8-9-19(6)16(4,5)15(2,3)17-14(21)13-10-12(11-20)22-18-13/h10,20H,7-9,11H2,1-6H3,(H,17,21). The molecule has 0 spiro atoms. The topological polar surface area (TPSA) is 78.6 Å². The molecule has 1 heterocycles. The molecule has 0 saturated heterocycles. The van der Waals surface area contributed by atoms with E-state index in [0.29, 0.717) is 0 Å². The molecule has 1 aromatic heterocycles. The van der Waals surface area contributed by atoms with E-state index in [1.807, 2.05) is 13.8 Å². The summed E-state index contributed by atoms with van der Waals surface area (Å²) in [5, 5.41) is 15.7. The van der Waals surface area contributed by atoms with Gasteiger partial charge < -0.3 is 14.9 Å². The molecule has 1 rings (SSSR count). The maximum atomic E-state index is 12.3. The molecule has 0 aliphatic rings. The number of aliphatic hydroxyl groups is 1. The van der Waals surface area contributed by atoms with Gasteiger partial charge in [-0.25, -0.2) is 0 Å². The predicted octanol–water partition coefficient (Wildman–Crippen LogP) is 2.19. The summed E-state index contributed by atoms with van der Waals surface area (Å²) in [5.74, 6) is -0.0207. The highest BCUT2D eigenvalue weighted by Crippen LogP contribution is 2.27. The molecular formula is C16H29N3O3. The van der Waals surface area contributed by atoms with E-state index in [9.17, 15) is 4.79 Å². The second-order valence-corrected chi connectivity index (χ2v) is 6.75. The van der Waals surface area contributed by atoms with Crippen molar-refractivity contribution in [3.63, 3.8) is 0 Å². The number of carbonyl (C=O) groups excluding carboxylic acids is 1. The van der Waals surface area contributed by atoms with E-state index in [-0.39, 0.29) is 29.5 Å². The zero-order valence-electron chi connectivity index (χ0n) is 14.6. The van der Waals surface area contributed by atoms with Gasteiger partial charge in [0.2, 0.25) is 0 Å². The molecule has 0 saturated carbocycles. The molecule has 1 amide bonds. The molecule has 0 radical (unpaired) electrons. The van der Waals surface area contributed by atoms with Gasteiger partial charge in [0.1, 0.15) is 6.61 Å². The Balaban J connectivity index is 2.81. The van der Waals surface area contributed by atoms with Crippen molar-refractivity contribution in [1.82, 2.24) is 15.4 Å².